The molecule has 36 heavy (non-hydrogen) atoms. The number of aromatic nitrogens is 2. The highest BCUT2D eigenvalue weighted by atomic mass is 31.2. The molecule has 1 saturated heterocycles. The quantitative estimate of drug-likeness (QED) is 0.320. The summed E-state index contributed by atoms with van der Waals surface area (Å²) in [5, 5.41) is 4.54. The molecule has 3 heterocycles. The minimum atomic E-state index is -2.55. The zero-order valence-electron chi connectivity index (χ0n) is 21.3. The first kappa shape index (κ1) is 24.5. The van der Waals surface area contributed by atoms with Crippen molar-refractivity contribution in [3.63, 3.8) is 0 Å². The number of pyridine rings is 1. The zero-order valence-corrected chi connectivity index (χ0v) is 22.1. The Morgan fingerprint density at radius 3 is 2.44 bits per heavy atom. The van der Waals surface area contributed by atoms with Crippen LogP contribution in [-0.4, -0.2) is 61.4 Å². The lowest BCUT2D eigenvalue weighted by atomic mass is 10.0. The van der Waals surface area contributed by atoms with Crippen LogP contribution in [0.15, 0.2) is 60.8 Å². The second kappa shape index (κ2) is 9.72. The van der Waals surface area contributed by atoms with E-state index in [1.165, 1.54) is 24.7 Å². The molecule has 1 aliphatic heterocycles. The Morgan fingerprint density at radius 2 is 1.78 bits per heavy atom. The van der Waals surface area contributed by atoms with Crippen molar-refractivity contribution < 1.29 is 8.96 Å². The number of benzene rings is 2. The van der Waals surface area contributed by atoms with Crippen LogP contribution in [0.25, 0.3) is 22.3 Å². The van der Waals surface area contributed by atoms with Crippen LogP contribution in [0.3, 0.4) is 0 Å². The normalized spacial score (nSPS) is 15.1. The van der Waals surface area contributed by atoms with Gasteiger partial charge in [-0.25, -0.2) is 9.37 Å². The van der Waals surface area contributed by atoms with Gasteiger partial charge in [0.25, 0.3) is 0 Å². The molecule has 8 heteroatoms. The largest absolute Gasteiger partial charge is 0.371 e. The summed E-state index contributed by atoms with van der Waals surface area (Å²) in [6.45, 7) is 5.54. The Kier molecular flexibility index (Phi) is 6.62. The second-order valence-corrected chi connectivity index (χ2v) is 13.3. The smallest absolute Gasteiger partial charge is 0.165 e. The van der Waals surface area contributed by atoms with E-state index in [-0.39, 0.29) is 0 Å². The summed E-state index contributed by atoms with van der Waals surface area (Å²) in [5.74, 6) is -0.457. The molecule has 2 aromatic heterocycles. The number of fused-ring (bicyclic) bond motifs is 1. The maximum absolute atomic E-state index is 15.0. The van der Waals surface area contributed by atoms with Crippen LogP contribution in [0.5, 0.6) is 0 Å². The van der Waals surface area contributed by atoms with Crippen LogP contribution in [0, 0.1) is 5.82 Å². The number of H-pyrrole nitrogens is 1. The van der Waals surface area contributed by atoms with Crippen LogP contribution in [0.1, 0.15) is 12.8 Å². The van der Waals surface area contributed by atoms with E-state index >= 15 is 0 Å². The predicted octanol–water partition coefficient (Wildman–Crippen LogP) is 5.89. The van der Waals surface area contributed by atoms with Gasteiger partial charge in [-0.2, -0.15) is 0 Å². The molecular weight excluding hydrogens is 472 g/mol. The Hall–Kier alpha value is -3.15. The number of hydrogen-bond acceptors (Lipinski definition) is 5. The van der Waals surface area contributed by atoms with Gasteiger partial charge in [0.2, 0.25) is 0 Å². The van der Waals surface area contributed by atoms with E-state index in [1.54, 1.807) is 13.3 Å². The summed E-state index contributed by atoms with van der Waals surface area (Å²) < 4.78 is 27.8. The van der Waals surface area contributed by atoms with Gasteiger partial charge < -0.3 is 24.7 Å². The summed E-state index contributed by atoms with van der Waals surface area (Å²) in [6.07, 6.45) is 3.54. The number of nitrogens with zero attached hydrogens (tertiary/aromatic N) is 3. The summed E-state index contributed by atoms with van der Waals surface area (Å²) in [6, 6.07) is 18.4. The molecule has 0 atom stereocenters. The van der Waals surface area contributed by atoms with Gasteiger partial charge in [0.1, 0.15) is 12.8 Å². The van der Waals surface area contributed by atoms with Crippen molar-refractivity contribution in [1.29, 1.82) is 0 Å². The molecule has 0 bridgehead atoms. The van der Waals surface area contributed by atoms with Crippen molar-refractivity contribution in [3.8, 4) is 11.3 Å². The van der Waals surface area contributed by atoms with Gasteiger partial charge in [-0.1, -0.05) is 24.3 Å². The lowest BCUT2D eigenvalue weighted by Gasteiger charge is -2.36. The van der Waals surface area contributed by atoms with E-state index in [0.717, 1.165) is 24.3 Å². The van der Waals surface area contributed by atoms with Crippen LogP contribution < -0.4 is 15.5 Å². The fourth-order valence-electron chi connectivity index (χ4n) is 5.01. The Labute approximate surface area is 211 Å². The lowest BCUT2D eigenvalue weighted by molar-refractivity contribution is 0.249. The number of anilines is 3. The maximum Gasteiger partial charge on any atom is 0.165 e. The molecule has 188 valence electrons. The van der Waals surface area contributed by atoms with E-state index in [0.29, 0.717) is 33.8 Å². The summed E-state index contributed by atoms with van der Waals surface area (Å²) in [7, 11) is 1.76. The van der Waals surface area contributed by atoms with E-state index in [9.17, 15) is 8.96 Å². The Balaban J connectivity index is 1.42. The van der Waals surface area contributed by atoms with Crippen molar-refractivity contribution in [1.82, 2.24) is 14.9 Å². The predicted molar refractivity (Wildman–Crippen MR) is 149 cm³/mol. The molecule has 0 saturated carbocycles. The molecule has 2 aromatic carbocycles. The summed E-state index contributed by atoms with van der Waals surface area (Å²) >= 11 is 0. The van der Waals surface area contributed by atoms with Crippen LogP contribution >= 0.6 is 7.14 Å². The van der Waals surface area contributed by atoms with Gasteiger partial charge >= 0.3 is 0 Å². The molecule has 1 fully saturated rings. The highest BCUT2D eigenvalue weighted by molar-refractivity contribution is 7.70. The number of halogens is 1. The van der Waals surface area contributed by atoms with E-state index in [2.05, 4.69) is 63.4 Å². The second-order valence-electron chi connectivity index (χ2n) is 10.1. The monoisotopic (exact) mass is 505 g/mol. The molecule has 0 radical (unpaired) electrons. The van der Waals surface area contributed by atoms with Crippen molar-refractivity contribution in [2.75, 3.05) is 50.7 Å². The summed E-state index contributed by atoms with van der Waals surface area (Å²) in [4.78, 5) is 12.4. The third-order valence-electron chi connectivity index (χ3n) is 7.09. The maximum atomic E-state index is 15.0. The standard InChI is InChI=1S/C28H33FN5OP/c1-33(2)20-13-15-34(16-14-20)21-11-9-19(10-12-21)25-17-22-27(23(29)18-30-28(22)32-25)31-24-7-5-6-8-26(24)36(3,4)35/h5-12,17-18,20H,13-16H2,1-4H3,(H2,30,31,32). The molecule has 6 nitrogen and oxygen atoms in total. The molecule has 5 rings (SSSR count). The first-order chi connectivity index (χ1) is 17.2. The molecule has 2 N–H and O–H groups in total. The molecule has 4 aromatic rings. The lowest BCUT2D eigenvalue weighted by Crippen LogP contribution is -2.41. The van der Waals surface area contributed by atoms with E-state index in [4.69, 9.17) is 0 Å². The van der Waals surface area contributed by atoms with Gasteiger partial charge in [0.15, 0.2) is 5.82 Å². The zero-order chi connectivity index (χ0) is 25.4. The number of hydrogen-bond donors (Lipinski definition) is 2. The van der Waals surface area contributed by atoms with Gasteiger partial charge in [-0.15, -0.1) is 0 Å². The molecule has 0 spiro atoms. The Bertz CT molecular complexity index is 1420. The van der Waals surface area contributed by atoms with Crippen LogP contribution in [0.2, 0.25) is 0 Å². The molecule has 1 aliphatic rings. The van der Waals surface area contributed by atoms with Crippen molar-refractivity contribution in [2.45, 2.75) is 18.9 Å². The van der Waals surface area contributed by atoms with Crippen molar-refractivity contribution in [2.24, 2.45) is 0 Å². The van der Waals surface area contributed by atoms with Crippen LogP contribution in [-0.2, 0) is 4.57 Å². The highest BCUT2D eigenvalue weighted by Gasteiger charge is 2.21. The van der Waals surface area contributed by atoms with Crippen molar-refractivity contribution in [3.05, 3.63) is 66.6 Å². The SMILES string of the molecule is CN(C)C1CCN(c2ccc(-c3cc4c(Nc5ccccc5P(C)(C)=O)c(F)cnc4[nH]3)cc2)CC1. The fraction of sp³-hybridized carbons (Fsp3) is 0.321. The number of nitrogens with one attached hydrogen (secondary N) is 2. The van der Waals surface area contributed by atoms with Gasteiger partial charge in [-0.3, -0.25) is 0 Å². The van der Waals surface area contributed by atoms with Gasteiger partial charge in [0.05, 0.1) is 11.9 Å². The molecular formula is C28H33FN5OP. The molecule has 0 amide bonds. The third kappa shape index (κ3) is 4.91. The topological polar surface area (TPSA) is 64.3 Å². The first-order valence-electron chi connectivity index (χ1n) is 12.3. The summed E-state index contributed by atoms with van der Waals surface area (Å²) in [5.41, 5.74) is 4.66. The number of rotatable bonds is 6. The Morgan fingerprint density at radius 1 is 1.08 bits per heavy atom. The molecule has 0 unspecified atom stereocenters. The minimum Gasteiger partial charge on any atom is -0.371 e. The third-order valence-corrected chi connectivity index (χ3v) is 8.64. The van der Waals surface area contributed by atoms with E-state index < -0.39 is 13.0 Å². The fourth-order valence-corrected chi connectivity index (χ4v) is 6.16. The number of para-hydroxylation sites is 1. The van der Waals surface area contributed by atoms with Crippen LogP contribution in [0.4, 0.5) is 21.5 Å². The van der Waals surface area contributed by atoms with E-state index in [1.807, 2.05) is 30.3 Å². The average molecular weight is 506 g/mol. The minimum absolute atomic E-state index is 0.323. The molecule has 0 aliphatic carbocycles. The highest BCUT2D eigenvalue weighted by Crippen LogP contribution is 2.39. The first-order valence-corrected chi connectivity index (χ1v) is 14.9. The average Bonchev–Trinajstić information content (AvgIpc) is 3.30. The van der Waals surface area contributed by atoms with Gasteiger partial charge in [0, 0.05) is 46.9 Å². The number of piperidine rings is 1. The van der Waals surface area contributed by atoms with Gasteiger partial charge in [-0.05, 0) is 76.2 Å². The number of aromatic amines is 1. The van der Waals surface area contributed by atoms with Crippen molar-refractivity contribution >= 4 is 40.5 Å².